The number of carbonyl (C=O) groups is 2. The number of ether oxygens (including phenoxy) is 1. The first-order valence-electron chi connectivity index (χ1n) is 13.2. The number of para-hydroxylation sites is 1. The molecule has 2 amide bonds. The third-order valence-electron chi connectivity index (χ3n) is 7.11. The summed E-state index contributed by atoms with van der Waals surface area (Å²) in [7, 11) is 1.61. The summed E-state index contributed by atoms with van der Waals surface area (Å²) >= 11 is 1.59. The Bertz CT molecular complexity index is 1370. The van der Waals surface area contributed by atoms with Gasteiger partial charge in [-0.3, -0.25) is 9.59 Å². The molecule has 0 saturated heterocycles. The predicted molar refractivity (Wildman–Crippen MR) is 156 cm³/mol. The smallest absolute Gasteiger partial charge is 0.247 e. The monoisotopic (exact) mass is 539 g/mol. The summed E-state index contributed by atoms with van der Waals surface area (Å²) in [6, 6.07) is 28.8. The van der Waals surface area contributed by atoms with Crippen molar-refractivity contribution in [3.05, 3.63) is 118 Å². The van der Waals surface area contributed by atoms with Gasteiger partial charge in [-0.05, 0) is 52.8 Å². The van der Waals surface area contributed by atoms with Crippen molar-refractivity contribution in [2.45, 2.75) is 32.0 Å². The van der Waals surface area contributed by atoms with Crippen molar-refractivity contribution < 1.29 is 14.3 Å². The van der Waals surface area contributed by atoms with Crippen LogP contribution < -0.4 is 15.0 Å². The molecule has 1 aromatic heterocycles. The van der Waals surface area contributed by atoms with E-state index >= 15 is 0 Å². The second kappa shape index (κ2) is 12.6. The van der Waals surface area contributed by atoms with Crippen LogP contribution in [0.1, 0.15) is 34.0 Å². The molecule has 39 heavy (non-hydrogen) atoms. The number of thiophene rings is 1. The van der Waals surface area contributed by atoms with Gasteiger partial charge in [0.25, 0.3) is 0 Å². The summed E-state index contributed by atoms with van der Waals surface area (Å²) in [5.41, 5.74) is 4.26. The first-order chi connectivity index (χ1) is 19.1. The molecule has 5 rings (SSSR count). The van der Waals surface area contributed by atoms with E-state index in [4.69, 9.17) is 4.74 Å². The van der Waals surface area contributed by atoms with E-state index in [1.165, 1.54) is 11.3 Å². The minimum absolute atomic E-state index is 0.0524. The molecular weight excluding hydrogens is 506 g/mol. The summed E-state index contributed by atoms with van der Waals surface area (Å²) in [5.74, 6) is 0.440. The first kappa shape index (κ1) is 26.5. The van der Waals surface area contributed by atoms with Gasteiger partial charge in [0, 0.05) is 36.6 Å². The maximum absolute atomic E-state index is 14.0. The van der Waals surface area contributed by atoms with Crippen molar-refractivity contribution >= 4 is 28.8 Å². The van der Waals surface area contributed by atoms with E-state index < -0.39 is 6.04 Å². The van der Waals surface area contributed by atoms with Crippen LogP contribution in [0.25, 0.3) is 0 Å². The van der Waals surface area contributed by atoms with Crippen molar-refractivity contribution in [1.82, 2.24) is 10.2 Å². The largest absolute Gasteiger partial charge is 0.497 e. The van der Waals surface area contributed by atoms with Gasteiger partial charge in [0.05, 0.1) is 13.7 Å². The predicted octanol–water partition coefficient (Wildman–Crippen LogP) is 5.60. The summed E-state index contributed by atoms with van der Waals surface area (Å²) < 4.78 is 5.35. The molecule has 1 atom stereocenters. The standard InChI is InChI=1S/C32H33N3O3S/c1-38-27-15-13-26(14-16-27)31(32(37)33-22-24-8-3-2-4-9-24)35(23-28-11-7-21-39-28)30(36)18-20-34-19-17-25-10-5-6-12-29(25)34/h2-16,21,31H,17-20,22-23H2,1H3,(H,33,37)/t31-/m1/s1. The van der Waals surface area contributed by atoms with Crippen molar-refractivity contribution in [3.63, 3.8) is 0 Å². The van der Waals surface area contributed by atoms with E-state index in [-0.39, 0.29) is 11.8 Å². The van der Waals surface area contributed by atoms with Gasteiger partial charge in [-0.15, -0.1) is 11.3 Å². The minimum atomic E-state index is -0.778. The maximum Gasteiger partial charge on any atom is 0.247 e. The zero-order chi connectivity index (χ0) is 27.0. The molecule has 7 heteroatoms. The number of amides is 2. The van der Waals surface area contributed by atoms with Crippen LogP contribution in [0.2, 0.25) is 0 Å². The molecule has 1 aliphatic rings. The molecule has 0 radical (unpaired) electrons. The number of anilines is 1. The van der Waals surface area contributed by atoms with E-state index in [9.17, 15) is 9.59 Å². The topological polar surface area (TPSA) is 61.9 Å². The number of nitrogens with one attached hydrogen (secondary N) is 1. The van der Waals surface area contributed by atoms with Crippen molar-refractivity contribution in [2.24, 2.45) is 0 Å². The van der Waals surface area contributed by atoms with E-state index in [0.717, 1.165) is 29.0 Å². The Morgan fingerprint density at radius 3 is 2.49 bits per heavy atom. The van der Waals surface area contributed by atoms with Crippen LogP contribution in [-0.2, 0) is 29.1 Å². The second-order valence-corrected chi connectivity index (χ2v) is 10.6. The van der Waals surface area contributed by atoms with Crippen LogP contribution in [0.3, 0.4) is 0 Å². The van der Waals surface area contributed by atoms with Crippen LogP contribution in [0.15, 0.2) is 96.4 Å². The molecule has 0 aliphatic carbocycles. The Balaban J connectivity index is 1.41. The quantitative estimate of drug-likeness (QED) is 0.270. The van der Waals surface area contributed by atoms with E-state index in [1.54, 1.807) is 23.3 Å². The Hall–Kier alpha value is -4.10. The van der Waals surface area contributed by atoms with Crippen LogP contribution in [-0.4, -0.2) is 36.9 Å². The number of nitrogens with zero attached hydrogens (tertiary/aromatic N) is 2. The lowest BCUT2D eigenvalue weighted by Gasteiger charge is -2.32. The number of benzene rings is 3. The maximum atomic E-state index is 14.0. The van der Waals surface area contributed by atoms with Gasteiger partial charge >= 0.3 is 0 Å². The Morgan fingerprint density at radius 1 is 0.974 bits per heavy atom. The fourth-order valence-electron chi connectivity index (χ4n) is 5.05. The summed E-state index contributed by atoms with van der Waals surface area (Å²) in [5, 5.41) is 5.08. The van der Waals surface area contributed by atoms with Crippen molar-refractivity contribution in [3.8, 4) is 5.75 Å². The zero-order valence-corrected chi connectivity index (χ0v) is 22.9. The van der Waals surface area contributed by atoms with Crippen LogP contribution >= 0.6 is 11.3 Å². The molecule has 2 heterocycles. The van der Waals surface area contributed by atoms with Crippen molar-refractivity contribution in [1.29, 1.82) is 0 Å². The zero-order valence-electron chi connectivity index (χ0n) is 22.1. The van der Waals surface area contributed by atoms with Gasteiger partial charge in [-0.25, -0.2) is 0 Å². The summed E-state index contributed by atoms with van der Waals surface area (Å²) in [4.78, 5) is 32.8. The highest BCUT2D eigenvalue weighted by Crippen LogP contribution is 2.30. The molecule has 4 aromatic rings. The third kappa shape index (κ3) is 6.49. The van der Waals surface area contributed by atoms with Crippen LogP contribution in [0.4, 0.5) is 5.69 Å². The lowest BCUT2D eigenvalue weighted by atomic mass is 10.0. The van der Waals surface area contributed by atoms with Crippen molar-refractivity contribution in [2.75, 3.05) is 25.1 Å². The molecule has 0 spiro atoms. The van der Waals surface area contributed by atoms with Gasteiger partial charge in [-0.2, -0.15) is 0 Å². The van der Waals surface area contributed by atoms with E-state index in [1.807, 2.05) is 78.2 Å². The highest BCUT2D eigenvalue weighted by molar-refractivity contribution is 7.09. The highest BCUT2D eigenvalue weighted by Gasteiger charge is 2.32. The number of rotatable bonds is 11. The molecule has 0 unspecified atom stereocenters. The van der Waals surface area contributed by atoms with Crippen LogP contribution in [0, 0.1) is 0 Å². The summed E-state index contributed by atoms with van der Waals surface area (Å²) in [6.07, 6.45) is 1.30. The van der Waals surface area contributed by atoms with Gasteiger partial charge in [0.1, 0.15) is 11.8 Å². The number of methoxy groups -OCH3 is 1. The number of fused-ring (bicyclic) bond motifs is 1. The molecule has 0 saturated carbocycles. The van der Waals surface area contributed by atoms with Crippen LogP contribution in [0.5, 0.6) is 5.75 Å². The number of carbonyl (C=O) groups excluding carboxylic acids is 2. The minimum Gasteiger partial charge on any atom is -0.497 e. The lowest BCUT2D eigenvalue weighted by molar-refractivity contribution is -0.141. The first-order valence-corrected chi connectivity index (χ1v) is 14.1. The molecule has 1 aliphatic heterocycles. The Kier molecular flexibility index (Phi) is 8.58. The average Bonchev–Trinajstić information content (AvgIpc) is 3.65. The lowest BCUT2D eigenvalue weighted by Crippen LogP contribution is -2.44. The molecule has 0 bridgehead atoms. The second-order valence-electron chi connectivity index (χ2n) is 9.60. The molecular formula is C32H33N3O3S. The van der Waals surface area contributed by atoms with Gasteiger partial charge in [-0.1, -0.05) is 66.7 Å². The summed E-state index contributed by atoms with van der Waals surface area (Å²) in [6.45, 7) is 2.26. The fourth-order valence-corrected chi connectivity index (χ4v) is 5.75. The molecule has 6 nitrogen and oxygen atoms in total. The SMILES string of the molecule is COc1ccc([C@H](C(=O)NCc2ccccc2)N(Cc2cccs2)C(=O)CCN2CCc3ccccc32)cc1. The number of hydrogen-bond acceptors (Lipinski definition) is 5. The molecule has 3 aromatic carbocycles. The molecule has 200 valence electrons. The molecule has 1 N–H and O–H groups in total. The average molecular weight is 540 g/mol. The van der Waals surface area contributed by atoms with Gasteiger partial charge in [0.2, 0.25) is 11.8 Å². The highest BCUT2D eigenvalue weighted by atomic mass is 32.1. The van der Waals surface area contributed by atoms with Gasteiger partial charge < -0.3 is 19.9 Å². The van der Waals surface area contributed by atoms with Gasteiger partial charge in [0.15, 0.2) is 0 Å². The van der Waals surface area contributed by atoms with E-state index in [0.29, 0.717) is 31.8 Å². The van der Waals surface area contributed by atoms with E-state index in [2.05, 4.69) is 28.4 Å². The Morgan fingerprint density at radius 2 is 1.74 bits per heavy atom. The third-order valence-corrected chi connectivity index (χ3v) is 7.97. The number of hydrogen-bond donors (Lipinski definition) is 1. The Labute approximate surface area is 233 Å². The fraction of sp³-hybridized carbons (Fsp3) is 0.250. The molecule has 0 fully saturated rings. The normalized spacial score (nSPS) is 13.0.